The number of para-hydroxylation sites is 2. The number of hydrogen-bond acceptors (Lipinski definition) is 6. The summed E-state index contributed by atoms with van der Waals surface area (Å²) in [6, 6.07) is 10.2. The van der Waals surface area contributed by atoms with Crippen LogP contribution in [0.25, 0.3) is 11.3 Å². The molecule has 3 aromatic rings. The number of hydrazine groups is 1. The topological polar surface area (TPSA) is 105 Å². The number of ether oxygens (including phenoxy) is 1. The molecule has 1 heterocycles. The number of aromatic nitrogens is 1. The lowest BCUT2D eigenvalue weighted by Gasteiger charge is -2.11. The molecule has 0 aliphatic rings. The van der Waals surface area contributed by atoms with Crippen molar-refractivity contribution in [3.05, 3.63) is 66.2 Å². The summed E-state index contributed by atoms with van der Waals surface area (Å²) < 4.78 is 37.4. The van der Waals surface area contributed by atoms with Crippen LogP contribution in [0.5, 0.6) is 5.75 Å². The van der Waals surface area contributed by atoms with Gasteiger partial charge in [-0.05, 0) is 24.3 Å². The van der Waals surface area contributed by atoms with E-state index >= 15 is 0 Å². The van der Waals surface area contributed by atoms with E-state index in [0.717, 1.165) is 12.1 Å². The van der Waals surface area contributed by atoms with E-state index in [1.54, 1.807) is 24.3 Å². The summed E-state index contributed by atoms with van der Waals surface area (Å²) in [6.45, 7) is -0.0764. The molecule has 3 N–H and O–H groups in total. The molecular weight excluding hydrogens is 410 g/mol. The SMILES string of the molecule is COc1ccccc1NCC(=O)NNC(=O)CCc1ncc(-c2ccc(F)cc2F)o1. The van der Waals surface area contributed by atoms with Gasteiger partial charge in [0.15, 0.2) is 11.7 Å². The average Bonchev–Trinajstić information content (AvgIpc) is 3.23. The Kier molecular flexibility index (Phi) is 7.15. The van der Waals surface area contributed by atoms with Crippen molar-refractivity contribution in [2.24, 2.45) is 0 Å². The lowest BCUT2D eigenvalue weighted by atomic mass is 10.2. The summed E-state index contributed by atoms with van der Waals surface area (Å²) in [5.41, 5.74) is 5.29. The van der Waals surface area contributed by atoms with Crippen LogP contribution in [0.3, 0.4) is 0 Å². The Bertz CT molecular complexity index is 1070. The van der Waals surface area contributed by atoms with Gasteiger partial charge in [0.1, 0.15) is 17.4 Å². The fourth-order valence-electron chi connectivity index (χ4n) is 2.67. The largest absolute Gasteiger partial charge is 0.495 e. The van der Waals surface area contributed by atoms with Gasteiger partial charge in [0.05, 0.1) is 31.1 Å². The number of hydrogen-bond donors (Lipinski definition) is 3. The monoisotopic (exact) mass is 430 g/mol. The number of aryl methyl sites for hydroxylation is 1. The molecule has 2 aromatic carbocycles. The van der Waals surface area contributed by atoms with Crippen LogP contribution < -0.4 is 20.9 Å². The van der Waals surface area contributed by atoms with Crippen molar-refractivity contribution in [3.8, 4) is 17.1 Å². The van der Waals surface area contributed by atoms with Crippen LogP contribution in [0, 0.1) is 11.6 Å². The standard InChI is InChI=1S/C21H20F2N4O4/c1-30-17-5-3-2-4-16(17)24-12-20(29)27-26-19(28)8-9-21-25-11-18(31-21)14-7-6-13(22)10-15(14)23/h2-7,10-11,24H,8-9,12H2,1H3,(H,26,28)(H,27,29). The number of halogens is 2. The minimum atomic E-state index is -0.773. The number of carbonyl (C=O) groups excluding carboxylic acids is 2. The van der Waals surface area contributed by atoms with Crippen molar-refractivity contribution in [2.45, 2.75) is 12.8 Å². The van der Waals surface area contributed by atoms with Crippen molar-refractivity contribution < 1.29 is 27.5 Å². The number of anilines is 1. The summed E-state index contributed by atoms with van der Waals surface area (Å²) in [4.78, 5) is 27.8. The maximum Gasteiger partial charge on any atom is 0.257 e. The Labute approximate surface area is 176 Å². The molecule has 0 spiro atoms. The van der Waals surface area contributed by atoms with Crippen LogP contribution in [0.15, 0.2) is 53.1 Å². The molecule has 0 saturated carbocycles. The third-order valence-electron chi connectivity index (χ3n) is 4.20. The molecule has 0 saturated heterocycles. The van der Waals surface area contributed by atoms with Gasteiger partial charge in [-0.1, -0.05) is 12.1 Å². The van der Waals surface area contributed by atoms with Gasteiger partial charge in [0.2, 0.25) is 5.91 Å². The fourth-order valence-corrected chi connectivity index (χ4v) is 2.67. The Balaban J connectivity index is 1.42. The van der Waals surface area contributed by atoms with Gasteiger partial charge >= 0.3 is 0 Å². The highest BCUT2D eigenvalue weighted by Gasteiger charge is 2.13. The second-order valence-corrected chi connectivity index (χ2v) is 6.39. The summed E-state index contributed by atoms with van der Waals surface area (Å²) in [5.74, 6) is -1.46. The fraction of sp³-hybridized carbons (Fsp3) is 0.190. The van der Waals surface area contributed by atoms with Gasteiger partial charge in [0.25, 0.3) is 5.91 Å². The number of rotatable bonds is 8. The van der Waals surface area contributed by atoms with E-state index < -0.39 is 23.4 Å². The maximum atomic E-state index is 13.8. The van der Waals surface area contributed by atoms with Crippen LogP contribution in [0.4, 0.5) is 14.5 Å². The number of methoxy groups -OCH3 is 1. The zero-order chi connectivity index (χ0) is 22.2. The van der Waals surface area contributed by atoms with Gasteiger partial charge in [-0.3, -0.25) is 20.4 Å². The number of amides is 2. The Hall–Kier alpha value is -3.95. The number of benzene rings is 2. The molecule has 8 nitrogen and oxygen atoms in total. The van der Waals surface area contributed by atoms with Crippen LogP contribution in [0.1, 0.15) is 12.3 Å². The molecule has 0 fully saturated rings. The first-order valence-corrected chi connectivity index (χ1v) is 9.31. The third-order valence-corrected chi connectivity index (χ3v) is 4.20. The first kappa shape index (κ1) is 21.8. The van der Waals surface area contributed by atoms with E-state index in [9.17, 15) is 18.4 Å². The van der Waals surface area contributed by atoms with E-state index in [2.05, 4.69) is 21.2 Å². The summed E-state index contributed by atoms with van der Waals surface area (Å²) in [5, 5.41) is 2.90. The first-order chi connectivity index (χ1) is 15.0. The van der Waals surface area contributed by atoms with E-state index in [1.807, 2.05) is 0 Å². The third kappa shape index (κ3) is 6.01. The predicted octanol–water partition coefficient (Wildman–Crippen LogP) is 2.82. The van der Waals surface area contributed by atoms with Gasteiger partial charge in [0, 0.05) is 18.9 Å². The zero-order valence-corrected chi connectivity index (χ0v) is 16.6. The zero-order valence-electron chi connectivity index (χ0n) is 16.6. The molecule has 1 aromatic heterocycles. The van der Waals surface area contributed by atoms with Crippen LogP contribution >= 0.6 is 0 Å². The van der Waals surface area contributed by atoms with Crippen LogP contribution in [0.2, 0.25) is 0 Å². The van der Waals surface area contributed by atoms with E-state index in [0.29, 0.717) is 11.4 Å². The lowest BCUT2D eigenvalue weighted by Crippen LogP contribution is -2.44. The molecule has 0 aliphatic heterocycles. The number of oxazole rings is 1. The number of nitrogens with zero attached hydrogens (tertiary/aromatic N) is 1. The van der Waals surface area contributed by atoms with Crippen LogP contribution in [-0.4, -0.2) is 30.5 Å². The van der Waals surface area contributed by atoms with Gasteiger partial charge < -0.3 is 14.5 Å². The maximum absolute atomic E-state index is 13.8. The van der Waals surface area contributed by atoms with Crippen molar-refractivity contribution in [3.63, 3.8) is 0 Å². The molecule has 2 amide bonds. The molecule has 3 rings (SSSR count). The summed E-state index contributed by atoms with van der Waals surface area (Å²) in [6.07, 6.45) is 1.41. The van der Waals surface area contributed by atoms with E-state index in [1.165, 1.54) is 19.4 Å². The van der Waals surface area contributed by atoms with Crippen molar-refractivity contribution in [1.29, 1.82) is 0 Å². The van der Waals surface area contributed by atoms with E-state index in [-0.39, 0.29) is 36.6 Å². The molecule has 0 bridgehead atoms. The highest BCUT2D eigenvalue weighted by atomic mass is 19.1. The molecule has 162 valence electrons. The number of carbonyl (C=O) groups is 2. The molecule has 0 aliphatic carbocycles. The Morgan fingerprint density at radius 3 is 2.65 bits per heavy atom. The van der Waals surface area contributed by atoms with E-state index in [4.69, 9.17) is 9.15 Å². The minimum Gasteiger partial charge on any atom is -0.495 e. The predicted molar refractivity (Wildman–Crippen MR) is 108 cm³/mol. The van der Waals surface area contributed by atoms with Crippen molar-refractivity contribution >= 4 is 17.5 Å². The molecule has 0 atom stereocenters. The average molecular weight is 430 g/mol. The highest BCUT2D eigenvalue weighted by Crippen LogP contribution is 2.24. The molecule has 10 heteroatoms. The smallest absolute Gasteiger partial charge is 0.257 e. The Morgan fingerprint density at radius 2 is 1.87 bits per heavy atom. The molecule has 31 heavy (non-hydrogen) atoms. The highest BCUT2D eigenvalue weighted by molar-refractivity contribution is 5.84. The first-order valence-electron chi connectivity index (χ1n) is 9.31. The van der Waals surface area contributed by atoms with Gasteiger partial charge in [-0.15, -0.1) is 0 Å². The molecular formula is C21H20F2N4O4. The van der Waals surface area contributed by atoms with Gasteiger partial charge in [-0.25, -0.2) is 13.8 Å². The summed E-state index contributed by atoms with van der Waals surface area (Å²) >= 11 is 0. The number of nitrogens with one attached hydrogen (secondary N) is 3. The Morgan fingerprint density at radius 1 is 1.10 bits per heavy atom. The minimum absolute atomic E-state index is 0.0218. The molecule has 0 unspecified atom stereocenters. The second-order valence-electron chi connectivity index (χ2n) is 6.39. The van der Waals surface area contributed by atoms with Crippen molar-refractivity contribution in [1.82, 2.24) is 15.8 Å². The normalized spacial score (nSPS) is 10.4. The van der Waals surface area contributed by atoms with Crippen molar-refractivity contribution in [2.75, 3.05) is 19.0 Å². The lowest BCUT2D eigenvalue weighted by molar-refractivity contribution is -0.128. The molecule has 0 radical (unpaired) electrons. The quantitative estimate of drug-likeness (QED) is 0.475. The van der Waals surface area contributed by atoms with Crippen LogP contribution in [-0.2, 0) is 16.0 Å². The summed E-state index contributed by atoms with van der Waals surface area (Å²) in [7, 11) is 1.52. The second kappa shape index (κ2) is 10.2. The van der Waals surface area contributed by atoms with Gasteiger partial charge in [-0.2, -0.15) is 0 Å².